The molecular weight excluding hydrogens is 168 g/mol. The predicted octanol–water partition coefficient (Wildman–Crippen LogP) is -0.134. The molecule has 0 bridgehead atoms. The summed E-state index contributed by atoms with van der Waals surface area (Å²) < 4.78 is 0. The molecule has 13 heavy (non-hydrogen) atoms. The number of nitrogens with one attached hydrogen (secondary N) is 2. The van der Waals surface area contributed by atoms with E-state index in [1.54, 1.807) is 12.4 Å². The van der Waals surface area contributed by atoms with Gasteiger partial charge in [0.15, 0.2) is 18.2 Å². The van der Waals surface area contributed by atoms with Crippen molar-refractivity contribution in [2.24, 2.45) is 0 Å². The third-order valence-electron chi connectivity index (χ3n) is 1.60. The lowest BCUT2D eigenvalue weighted by Crippen LogP contribution is -2.32. The first-order valence-corrected chi connectivity index (χ1v) is 3.99. The molecule has 0 aliphatic heterocycles. The Bertz CT molecular complexity index is 238. The van der Waals surface area contributed by atoms with Gasteiger partial charge in [0.25, 0.3) is 0 Å². The fraction of sp³-hybridized carbons (Fsp3) is 0.625. The minimum Gasteiger partial charge on any atom is -0.324 e. The van der Waals surface area contributed by atoms with Gasteiger partial charge < -0.3 is 10.6 Å². The standard InChI is InChI=1S/C8H12N4O/c1-7(13)8(12-6-10)3-2-4-11-5-9/h8,11-12H,2-4H2,1H3. The normalized spacial score (nSPS) is 10.7. The molecule has 0 heterocycles. The fourth-order valence-corrected chi connectivity index (χ4v) is 0.905. The van der Waals surface area contributed by atoms with Gasteiger partial charge in [-0.2, -0.15) is 10.5 Å². The van der Waals surface area contributed by atoms with E-state index in [9.17, 15) is 4.79 Å². The molecule has 0 aliphatic rings. The zero-order valence-corrected chi connectivity index (χ0v) is 7.50. The van der Waals surface area contributed by atoms with Crippen LogP contribution in [0.2, 0.25) is 0 Å². The van der Waals surface area contributed by atoms with Gasteiger partial charge in [0, 0.05) is 6.54 Å². The van der Waals surface area contributed by atoms with Crippen LogP contribution in [0.4, 0.5) is 0 Å². The van der Waals surface area contributed by atoms with Gasteiger partial charge >= 0.3 is 0 Å². The summed E-state index contributed by atoms with van der Waals surface area (Å²) in [6.45, 7) is 1.97. The Hall–Kier alpha value is -1.75. The number of carbonyl (C=O) groups is 1. The molecule has 1 unspecified atom stereocenters. The van der Waals surface area contributed by atoms with E-state index < -0.39 is 6.04 Å². The molecule has 0 aromatic carbocycles. The van der Waals surface area contributed by atoms with Crippen molar-refractivity contribution in [2.75, 3.05) is 6.54 Å². The van der Waals surface area contributed by atoms with E-state index in [1.807, 2.05) is 0 Å². The van der Waals surface area contributed by atoms with E-state index in [-0.39, 0.29) is 5.78 Å². The van der Waals surface area contributed by atoms with Gasteiger partial charge in [0.05, 0.1) is 6.04 Å². The zero-order valence-electron chi connectivity index (χ0n) is 7.50. The van der Waals surface area contributed by atoms with E-state index in [2.05, 4.69) is 10.6 Å². The lowest BCUT2D eigenvalue weighted by Gasteiger charge is -2.10. The summed E-state index contributed by atoms with van der Waals surface area (Å²) >= 11 is 0. The molecule has 2 N–H and O–H groups in total. The van der Waals surface area contributed by atoms with Crippen LogP contribution >= 0.6 is 0 Å². The van der Waals surface area contributed by atoms with E-state index in [1.165, 1.54) is 6.92 Å². The molecule has 0 aromatic rings. The van der Waals surface area contributed by atoms with Gasteiger partial charge in [0.1, 0.15) is 0 Å². The molecule has 0 fully saturated rings. The van der Waals surface area contributed by atoms with Gasteiger partial charge in [-0.05, 0) is 19.8 Å². The molecule has 0 spiro atoms. The molecule has 0 saturated carbocycles. The molecule has 0 saturated heterocycles. The summed E-state index contributed by atoms with van der Waals surface area (Å²) in [7, 11) is 0. The maximum Gasteiger partial charge on any atom is 0.177 e. The Morgan fingerprint density at radius 2 is 2.15 bits per heavy atom. The van der Waals surface area contributed by atoms with Crippen LogP contribution in [-0.4, -0.2) is 18.4 Å². The maximum atomic E-state index is 10.9. The van der Waals surface area contributed by atoms with Crippen LogP contribution in [0.3, 0.4) is 0 Å². The van der Waals surface area contributed by atoms with Crippen molar-refractivity contribution in [3.8, 4) is 12.4 Å². The number of rotatable bonds is 6. The number of carbonyl (C=O) groups excluding carboxylic acids is 1. The molecule has 0 amide bonds. The topological polar surface area (TPSA) is 88.7 Å². The Kier molecular flexibility index (Phi) is 6.00. The first-order valence-electron chi connectivity index (χ1n) is 3.99. The summed E-state index contributed by atoms with van der Waals surface area (Å²) in [6, 6.07) is -0.412. The lowest BCUT2D eigenvalue weighted by atomic mass is 10.1. The first-order chi connectivity index (χ1) is 6.22. The van der Waals surface area contributed by atoms with Gasteiger partial charge in [0.2, 0.25) is 0 Å². The second kappa shape index (κ2) is 6.93. The molecule has 0 aromatic heterocycles. The second-order valence-electron chi connectivity index (χ2n) is 2.60. The lowest BCUT2D eigenvalue weighted by molar-refractivity contribution is -0.118. The highest BCUT2D eigenvalue weighted by Crippen LogP contribution is 1.97. The van der Waals surface area contributed by atoms with Crippen LogP contribution < -0.4 is 10.6 Å². The van der Waals surface area contributed by atoms with Crippen LogP contribution in [-0.2, 0) is 4.79 Å². The van der Waals surface area contributed by atoms with Crippen LogP contribution in [0.1, 0.15) is 19.8 Å². The van der Waals surface area contributed by atoms with Crippen molar-refractivity contribution >= 4 is 5.78 Å². The van der Waals surface area contributed by atoms with Gasteiger partial charge in [-0.15, -0.1) is 0 Å². The zero-order chi connectivity index (χ0) is 10.1. The van der Waals surface area contributed by atoms with Crippen LogP contribution in [0.25, 0.3) is 0 Å². The first kappa shape index (κ1) is 11.2. The highest BCUT2D eigenvalue weighted by Gasteiger charge is 2.11. The average molecular weight is 180 g/mol. The number of nitrogens with zero attached hydrogens (tertiary/aromatic N) is 2. The number of ketones is 1. The molecule has 5 nitrogen and oxygen atoms in total. The Morgan fingerprint density at radius 1 is 1.46 bits per heavy atom. The molecule has 70 valence electrons. The van der Waals surface area contributed by atoms with Crippen molar-refractivity contribution in [1.29, 1.82) is 10.5 Å². The van der Waals surface area contributed by atoms with Crippen molar-refractivity contribution in [3.63, 3.8) is 0 Å². The number of nitriles is 2. The third-order valence-corrected chi connectivity index (χ3v) is 1.60. The third kappa shape index (κ3) is 5.51. The molecular formula is C8H12N4O. The van der Waals surface area contributed by atoms with E-state index in [0.717, 1.165) is 0 Å². The quantitative estimate of drug-likeness (QED) is 0.337. The van der Waals surface area contributed by atoms with Crippen molar-refractivity contribution in [3.05, 3.63) is 0 Å². The smallest absolute Gasteiger partial charge is 0.177 e. The minimum atomic E-state index is -0.412. The van der Waals surface area contributed by atoms with Gasteiger partial charge in [-0.25, -0.2) is 0 Å². The summed E-state index contributed by atoms with van der Waals surface area (Å²) in [4.78, 5) is 10.9. The van der Waals surface area contributed by atoms with Crippen LogP contribution in [0.5, 0.6) is 0 Å². The molecule has 0 rings (SSSR count). The SMILES string of the molecule is CC(=O)C(CCCNC#N)NC#N. The Morgan fingerprint density at radius 3 is 2.62 bits per heavy atom. The minimum absolute atomic E-state index is 0.0569. The van der Waals surface area contributed by atoms with Crippen molar-refractivity contribution in [1.82, 2.24) is 10.6 Å². The monoisotopic (exact) mass is 180 g/mol. The van der Waals surface area contributed by atoms with Gasteiger partial charge in [-0.3, -0.25) is 4.79 Å². The average Bonchev–Trinajstić information content (AvgIpc) is 2.10. The van der Waals surface area contributed by atoms with Crippen molar-refractivity contribution < 1.29 is 4.79 Å². The number of hydrogen-bond donors (Lipinski definition) is 2. The summed E-state index contributed by atoms with van der Waals surface area (Å²) in [6.07, 6.45) is 4.77. The summed E-state index contributed by atoms with van der Waals surface area (Å²) in [5.74, 6) is -0.0569. The fourth-order valence-electron chi connectivity index (χ4n) is 0.905. The molecule has 0 aliphatic carbocycles. The molecule has 0 radical (unpaired) electrons. The number of Topliss-reactive ketones (excluding diaryl/α,β-unsaturated/α-hetero) is 1. The maximum absolute atomic E-state index is 10.9. The largest absolute Gasteiger partial charge is 0.324 e. The predicted molar refractivity (Wildman–Crippen MR) is 46.1 cm³/mol. The van der Waals surface area contributed by atoms with Crippen LogP contribution in [0, 0.1) is 22.9 Å². The molecule has 1 atom stereocenters. The molecule has 5 heteroatoms. The van der Waals surface area contributed by atoms with Gasteiger partial charge in [-0.1, -0.05) is 0 Å². The second-order valence-corrected chi connectivity index (χ2v) is 2.60. The summed E-state index contributed by atoms with van der Waals surface area (Å²) in [5.41, 5.74) is 0. The van der Waals surface area contributed by atoms with Crippen LogP contribution in [0.15, 0.2) is 0 Å². The van der Waals surface area contributed by atoms with E-state index in [4.69, 9.17) is 10.5 Å². The number of hydrogen-bond acceptors (Lipinski definition) is 5. The Labute approximate surface area is 77.3 Å². The summed E-state index contributed by atoms with van der Waals surface area (Å²) in [5, 5.41) is 21.3. The van der Waals surface area contributed by atoms with E-state index >= 15 is 0 Å². The Balaban J connectivity index is 3.66. The highest BCUT2D eigenvalue weighted by molar-refractivity contribution is 5.81. The van der Waals surface area contributed by atoms with Crippen molar-refractivity contribution in [2.45, 2.75) is 25.8 Å². The highest BCUT2D eigenvalue weighted by atomic mass is 16.1. The van der Waals surface area contributed by atoms with E-state index in [0.29, 0.717) is 19.4 Å².